The zero-order valence-electron chi connectivity index (χ0n) is 10.7. The number of aromatic hydroxyl groups is 1. The van der Waals surface area contributed by atoms with Gasteiger partial charge in [0.2, 0.25) is 0 Å². The first-order valence-corrected chi connectivity index (χ1v) is 7.41. The van der Waals surface area contributed by atoms with E-state index in [2.05, 4.69) is 41.2 Å². The van der Waals surface area contributed by atoms with Crippen molar-refractivity contribution in [2.45, 2.75) is 20.4 Å². The van der Waals surface area contributed by atoms with Crippen LogP contribution in [-0.2, 0) is 6.54 Å². The average Bonchev–Trinajstić information content (AvgIpc) is 2.69. The topological polar surface area (TPSA) is 49.3 Å². The van der Waals surface area contributed by atoms with E-state index in [4.69, 9.17) is 0 Å². The maximum Gasteiger partial charge on any atom is 0.255 e. The number of rotatable bonds is 3. The minimum absolute atomic E-state index is 0.0146. The number of hydrogen-bond donors (Lipinski definition) is 2. The number of nitrogens with one attached hydrogen (secondary N) is 1. The molecule has 2 N–H and O–H groups in total. The molecule has 0 aliphatic carbocycles. The molecule has 0 spiro atoms. The normalized spacial score (nSPS) is 10.5. The number of thiophene rings is 1. The van der Waals surface area contributed by atoms with E-state index in [-0.39, 0.29) is 17.2 Å². The summed E-state index contributed by atoms with van der Waals surface area (Å²) in [5, 5.41) is 12.5. The van der Waals surface area contributed by atoms with Gasteiger partial charge in [-0.15, -0.1) is 11.3 Å². The van der Waals surface area contributed by atoms with Crippen molar-refractivity contribution in [3.8, 4) is 5.75 Å². The number of halogens is 1. The molecule has 5 heteroatoms. The molecule has 1 amide bonds. The molecular formula is C14H14BrNO2S. The molecule has 0 aliphatic heterocycles. The van der Waals surface area contributed by atoms with Crippen molar-refractivity contribution in [1.82, 2.24) is 5.32 Å². The lowest BCUT2D eigenvalue weighted by atomic mass is 10.2. The maximum atomic E-state index is 12.0. The number of hydrogen-bond acceptors (Lipinski definition) is 3. The predicted molar refractivity (Wildman–Crippen MR) is 80.8 cm³/mol. The second kappa shape index (κ2) is 5.75. The highest BCUT2D eigenvalue weighted by molar-refractivity contribution is 9.10. The summed E-state index contributed by atoms with van der Waals surface area (Å²) in [7, 11) is 0. The number of phenols is 1. The molecule has 0 saturated carbocycles. The van der Waals surface area contributed by atoms with Crippen LogP contribution in [0.25, 0.3) is 0 Å². The van der Waals surface area contributed by atoms with Crippen LogP contribution in [0.2, 0.25) is 0 Å². The van der Waals surface area contributed by atoms with Crippen LogP contribution in [-0.4, -0.2) is 11.0 Å². The molecule has 0 radical (unpaired) electrons. The minimum Gasteiger partial charge on any atom is -0.507 e. The Bertz CT molecular complexity index is 602. The van der Waals surface area contributed by atoms with E-state index in [0.717, 1.165) is 9.35 Å². The van der Waals surface area contributed by atoms with Crippen molar-refractivity contribution < 1.29 is 9.90 Å². The molecule has 19 heavy (non-hydrogen) atoms. The van der Waals surface area contributed by atoms with E-state index < -0.39 is 0 Å². The lowest BCUT2D eigenvalue weighted by Gasteiger charge is -2.06. The minimum atomic E-state index is -0.275. The third kappa shape index (κ3) is 3.36. The van der Waals surface area contributed by atoms with Crippen LogP contribution in [0, 0.1) is 13.8 Å². The van der Waals surface area contributed by atoms with Crippen LogP contribution < -0.4 is 5.32 Å². The van der Waals surface area contributed by atoms with E-state index in [1.54, 1.807) is 23.5 Å². The van der Waals surface area contributed by atoms with E-state index >= 15 is 0 Å². The van der Waals surface area contributed by atoms with E-state index in [9.17, 15) is 9.90 Å². The van der Waals surface area contributed by atoms with Crippen molar-refractivity contribution >= 4 is 33.2 Å². The van der Waals surface area contributed by atoms with Crippen LogP contribution >= 0.6 is 27.3 Å². The third-order valence-electron chi connectivity index (χ3n) is 2.84. The summed E-state index contributed by atoms with van der Waals surface area (Å²) in [5.74, 6) is -0.290. The molecule has 0 unspecified atom stereocenters. The zero-order chi connectivity index (χ0) is 14.0. The summed E-state index contributed by atoms with van der Waals surface area (Å²) >= 11 is 4.96. The molecule has 0 bridgehead atoms. The van der Waals surface area contributed by atoms with E-state index in [0.29, 0.717) is 6.54 Å². The molecule has 1 aromatic heterocycles. The summed E-state index contributed by atoms with van der Waals surface area (Å²) in [5.41, 5.74) is 1.51. The Morgan fingerprint density at radius 3 is 2.74 bits per heavy atom. The van der Waals surface area contributed by atoms with Crippen molar-refractivity contribution in [1.29, 1.82) is 0 Å². The number of benzene rings is 1. The van der Waals surface area contributed by atoms with Gasteiger partial charge >= 0.3 is 0 Å². The van der Waals surface area contributed by atoms with Crippen LogP contribution in [0.4, 0.5) is 0 Å². The van der Waals surface area contributed by atoms with Gasteiger partial charge in [0.25, 0.3) is 5.91 Å². The zero-order valence-corrected chi connectivity index (χ0v) is 13.1. The van der Waals surface area contributed by atoms with E-state index in [1.165, 1.54) is 16.5 Å². The molecule has 3 nitrogen and oxygen atoms in total. The molecule has 2 rings (SSSR count). The Balaban J connectivity index is 2.07. The van der Waals surface area contributed by atoms with Crippen LogP contribution in [0.1, 0.15) is 25.7 Å². The Labute approximate surface area is 124 Å². The standard InChI is InChI=1S/C14H14BrNO2S/c1-8-5-11(19-9(8)2)7-16-14(18)12-6-10(15)3-4-13(12)17/h3-6,17H,7H2,1-2H3,(H,16,18). The number of carbonyl (C=O) groups excluding carboxylic acids is 1. The van der Waals surface area contributed by atoms with Gasteiger partial charge in [0.15, 0.2) is 0 Å². The fourth-order valence-corrected chi connectivity index (χ4v) is 3.04. The molecule has 1 aromatic carbocycles. The van der Waals surface area contributed by atoms with E-state index in [1.807, 2.05) is 0 Å². The van der Waals surface area contributed by atoms with Gasteiger partial charge in [0, 0.05) is 14.2 Å². The molecular weight excluding hydrogens is 326 g/mol. The summed E-state index contributed by atoms with van der Waals surface area (Å²) < 4.78 is 0.762. The van der Waals surface area contributed by atoms with Crippen LogP contribution in [0.5, 0.6) is 5.75 Å². The fraction of sp³-hybridized carbons (Fsp3) is 0.214. The van der Waals surface area contributed by atoms with Crippen molar-refractivity contribution in [2.24, 2.45) is 0 Å². The highest BCUT2D eigenvalue weighted by atomic mass is 79.9. The molecule has 0 fully saturated rings. The molecule has 0 saturated heterocycles. The molecule has 1 heterocycles. The monoisotopic (exact) mass is 339 g/mol. The third-order valence-corrected chi connectivity index (χ3v) is 4.49. The maximum absolute atomic E-state index is 12.0. The largest absolute Gasteiger partial charge is 0.507 e. The first kappa shape index (κ1) is 14.1. The summed E-state index contributed by atoms with van der Waals surface area (Å²) in [6.45, 7) is 4.59. The quantitative estimate of drug-likeness (QED) is 0.894. The van der Waals surface area contributed by atoms with Gasteiger partial charge in [0.05, 0.1) is 12.1 Å². The molecule has 0 atom stereocenters. The second-order valence-electron chi connectivity index (χ2n) is 4.30. The molecule has 2 aromatic rings. The number of amides is 1. The summed E-state index contributed by atoms with van der Waals surface area (Å²) in [4.78, 5) is 14.4. The Kier molecular flexibility index (Phi) is 4.27. The Morgan fingerprint density at radius 1 is 1.37 bits per heavy atom. The Morgan fingerprint density at radius 2 is 2.11 bits per heavy atom. The van der Waals surface area contributed by atoms with Gasteiger partial charge in [-0.3, -0.25) is 4.79 Å². The van der Waals surface area contributed by atoms with Crippen molar-refractivity contribution in [3.63, 3.8) is 0 Å². The lowest BCUT2D eigenvalue weighted by molar-refractivity contribution is 0.0948. The number of aryl methyl sites for hydroxylation is 2. The molecule has 0 aliphatic rings. The van der Waals surface area contributed by atoms with Gasteiger partial charge in [-0.2, -0.15) is 0 Å². The number of carbonyl (C=O) groups is 1. The SMILES string of the molecule is Cc1cc(CNC(=O)c2cc(Br)ccc2O)sc1C. The molecule has 100 valence electrons. The van der Waals surface area contributed by atoms with Crippen LogP contribution in [0.3, 0.4) is 0 Å². The second-order valence-corrected chi connectivity index (χ2v) is 6.55. The first-order chi connectivity index (χ1) is 8.97. The van der Waals surface area contributed by atoms with Gasteiger partial charge in [0.1, 0.15) is 5.75 Å². The highest BCUT2D eigenvalue weighted by Gasteiger charge is 2.12. The first-order valence-electron chi connectivity index (χ1n) is 5.80. The summed E-state index contributed by atoms with van der Waals surface area (Å²) in [6.07, 6.45) is 0. The predicted octanol–water partition coefficient (Wildman–Crippen LogP) is 3.76. The lowest BCUT2D eigenvalue weighted by Crippen LogP contribution is -2.22. The fourth-order valence-electron chi connectivity index (χ4n) is 1.69. The highest BCUT2D eigenvalue weighted by Crippen LogP contribution is 2.23. The van der Waals surface area contributed by atoms with Gasteiger partial charge in [-0.05, 0) is 43.7 Å². The van der Waals surface area contributed by atoms with Gasteiger partial charge in [-0.1, -0.05) is 15.9 Å². The average molecular weight is 340 g/mol. The van der Waals surface area contributed by atoms with Gasteiger partial charge in [-0.25, -0.2) is 0 Å². The van der Waals surface area contributed by atoms with Crippen molar-refractivity contribution in [2.75, 3.05) is 0 Å². The van der Waals surface area contributed by atoms with Crippen molar-refractivity contribution in [3.05, 3.63) is 49.6 Å². The van der Waals surface area contributed by atoms with Gasteiger partial charge < -0.3 is 10.4 Å². The van der Waals surface area contributed by atoms with Crippen LogP contribution in [0.15, 0.2) is 28.7 Å². The number of phenolic OH excluding ortho intramolecular Hbond substituents is 1. The smallest absolute Gasteiger partial charge is 0.255 e. The Hall–Kier alpha value is -1.33. The summed E-state index contributed by atoms with van der Waals surface area (Å²) in [6, 6.07) is 6.87.